The van der Waals surface area contributed by atoms with Gasteiger partial charge in [0.05, 0.1) is 10.6 Å². The van der Waals surface area contributed by atoms with E-state index in [2.05, 4.69) is 5.32 Å². The summed E-state index contributed by atoms with van der Waals surface area (Å²) in [6.07, 6.45) is -5.59. The Bertz CT molecular complexity index is 835. The first-order chi connectivity index (χ1) is 12.1. The van der Waals surface area contributed by atoms with Crippen LogP contribution in [0.25, 0.3) is 0 Å². The van der Waals surface area contributed by atoms with Crippen LogP contribution in [0.4, 0.5) is 33.3 Å². The summed E-state index contributed by atoms with van der Waals surface area (Å²) < 4.78 is 65.1. The SMILES string of the molecule is O=C(CC(=O)Nc1c(F)cccc1F)Nc1ccc(Cl)c(C(F)(F)F)c1. The van der Waals surface area contributed by atoms with Gasteiger partial charge < -0.3 is 10.6 Å². The Balaban J connectivity index is 2.04. The van der Waals surface area contributed by atoms with Crippen molar-refractivity contribution in [2.24, 2.45) is 0 Å². The van der Waals surface area contributed by atoms with Crippen molar-refractivity contribution >= 4 is 34.8 Å². The first-order valence-electron chi connectivity index (χ1n) is 6.98. The predicted molar refractivity (Wildman–Crippen MR) is 84.7 cm³/mol. The predicted octanol–water partition coefficient (Wildman–Crippen LogP) is 4.60. The zero-order valence-corrected chi connectivity index (χ0v) is 13.5. The number of carbonyl (C=O) groups is 2. The van der Waals surface area contributed by atoms with Crippen molar-refractivity contribution in [2.45, 2.75) is 12.6 Å². The third-order valence-electron chi connectivity index (χ3n) is 3.10. The molecule has 4 nitrogen and oxygen atoms in total. The van der Waals surface area contributed by atoms with Crippen molar-refractivity contribution in [1.29, 1.82) is 0 Å². The lowest BCUT2D eigenvalue weighted by Gasteiger charge is -2.12. The van der Waals surface area contributed by atoms with Crippen LogP contribution in [0.15, 0.2) is 36.4 Å². The van der Waals surface area contributed by atoms with Crippen LogP contribution in [0.3, 0.4) is 0 Å². The van der Waals surface area contributed by atoms with E-state index in [9.17, 15) is 31.5 Å². The summed E-state index contributed by atoms with van der Waals surface area (Å²) in [5, 5.41) is 3.42. The quantitative estimate of drug-likeness (QED) is 0.590. The van der Waals surface area contributed by atoms with Gasteiger partial charge in [0.15, 0.2) is 0 Å². The molecule has 10 heteroatoms. The molecule has 0 aliphatic carbocycles. The van der Waals surface area contributed by atoms with Crippen molar-refractivity contribution in [3.8, 4) is 0 Å². The van der Waals surface area contributed by atoms with Crippen LogP contribution in [0.1, 0.15) is 12.0 Å². The normalized spacial score (nSPS) is 11.2. The summed E-state index contributed by atoms with van der Waals surface area (Å²) >= 11 is 5.45. The van der Waals surface area contributed by atoms with E-state index in [4.69, 9.17) is 11.6 Å². The van der Waals surface area contributed by atoms with Gasteiger partial charge in [0.25, 0.3) is 0 Å². The van der Waals surface area contributed by atoms with E-state index >= 15 is 0 Å². The van der Waals surface area contributed by atoms with Crippen LogP contribution in [0.2, 0.25) is 5.02 Å². The number of para-hydroxylation sites is 1. The summed E-state index contributed by atoms with van der Waals surface area (Å²) in [6, 6.07) is 5.56. The highest BCUT2D eigenvalue weighted by Crippen LogP contribution is 2.36. The highest BCUT2D eigenvalue weighted by atomic mass is 35.5. The number of nitrogens with one attached hydrogen (secondary N) is 2. The lowest BCUT2D eigenvalue weighted by atomic mass is 10.2. The number of anilines is 2. The smallest absolute Gasteiger partial charge is 0.326 e. The number of benzene rings is 2. The average Bonchev–Trinajstić information content (AvgIpc) is 2.51. The summed E-state index contributed by atoms with van der Waals surface area (Å²) in [5.74, 6) is -4.09. The van der Waals surface area contributed by atoms with Crippen LogP contribution in [-0.4, -0.2) is 11.8 Å². The highest BCUT2D eigenvalue weighted by molar-refractivity contribution is 6.31. The molecule has 0 unspecified atom stereocenters. The summed E-state index contributed by atoms with van der Waals surface area (Å²) in [4.78, 5) is 23.4. The Morgan fingerprint density at radius 1 is 0.962 bits per heavy atom. The number of carbonyl (C=O) groups excluding carboxylic acids is 2. The van der Waals surface area contributed by atoms with Gasteiger partial charge in [-0.05, 0) is 30.3 Å². The molecule has 0 radical (unpaired) electrons. The lowest BCUT2D eigenvalue weighted by molar-refractivity contribution is -0.137. The Morgan fingerprint density at radius 2 is 1.54 bits per heavy atom. The van der Waals surface area contributed by atoms with Crippen molar-refractivity contribution in [2.75, 3.05) is 10.6 Å². The number of rotatable bonds is 4. The molecule has 26 heavy (non-hydrogen) atoms. The van der Waals surface area contributed by atoms with Crippen molar-refractivity contribution in [3.63, 3.8) is 0 Å². The van der Waals surface area contributed by atoms with Crippen molar-refractivity contribution in [1.82, 2.24) is 0 Å². The molecule has 138 valence electrons. The Labute approximate surface area is 149 Å². The minimum absolute atomic E-state index is 0.239. The van der Waals surface area contributed by atoms with Crippen LogP contribution >= 0.6 is 11.6 Å². The van der Waals surface area contributed by atoms with Gasteiger partial charge in [0, 0.05) is 5.69 Å². The fraction of sp³-hybridized carbons (Fsp3) is 0.125. The minimum atomic E-state index is -4.72. The molecule has 0 saturated heterocycles. The molecule has 2 aromatic carbocycles. The Hall–Kier alpha value is -2.68. The van der Waals surface area contributed by atoms with Crippen LogP contribution in [0.5, 0.6) is 0 Å². The summed E-state index contributed by atoms with van der Waals surface area (Å²) in [7, 11) is 0. The second kappa shape index (κ2) is 7.69. The first-order valence-corrected chi connectivity index (χ1v) is 7.36. The molecule has 2 amide bonds. The highest BCUT2D eigenvalue weighted by Gasteiger charge is 2.33. The molecule has 0 atom stereocenters. The Kier molecular flexibility index (Phi) is 5.81. The number of amides is 2. The molecule has 0 spiro atoms. The number of alkyl halides is 3. The van der Waals surface area contributed by atoms with Gasteiger partial charge in [-0.15, -0.1) is 0 Å². The third kappa shape index (κ3) is 4.92. The monoisotopic (exact) mass is 392 g/mol. The molecule has 0 aliphatic heterocycles. The molecule has 0 bridgehead atoms. The second-order valence-corrected chi connectivity index (χ2v) is 5.47. The van der Waals surface area contributed by atoms with Crippen LogP contribution in [-0.2, 0) is 15.8 Å². The van der Waals surface area contributed by atoms with E-state index in [0.29, 0.717) is 6.07 Å². The van der Waals surface area contributed by atoms with Gasteiger partial charge in [-0.1, -0.05) is 17.7 Å². The fourth-order valence-corrected chi connectivity index (χ4v) is 2.20. The van der Waals surface area contributed by atoms with E-state index < -0.39 is 52.3 Å². The number of hydrogen-bond acceptors (Lipinski definition) is 2. The van der Waals surface area contributed by atoms with E-state index in [1.807, 2.05) is 5.32 Å². The zero-order valence-electron chi connectivity index (χ0n) is 12.8. The van der Waals surface area contributed by atoms with E-state index in [1.165, 1.54) is 0 Å². The van der Waals surface area contributed by atoms with Crippen molar-refractivity contribution < 1.29 is 31.5 Å². The summed E-state index contributed by atoms with van der Waals surface area (Å²) in [5.41, 5.74) is -2.12. The largest absolute Gasteiger partial charge is 0.417 e. The average molecular weight is 393 g/mol. The van der Waals surface area contributed by atoms with Gasteiger partial charge in [-0.2, -0.15) is 13.2 Å². The maximum absolute atomic E-state index is 13.4. The molecule has 0 saturated carbocycles. The van der Waals surface area contributed by atoms with Crippen molar-refractivity contribution in [3.05, 3.63) is 58.6 Å². The summed E-state index contributed by atoms with van der Waals surface area (Å²) in [6.45, 7) is 0. The molecule has 0 aromatic heterocycles. The molecule has 0 heterocycles. The molecular formula is C16H10ClF5N2O2. The number of hydrogen-bond donors (Lipinski definition) is 2. The third-order valence-corrected chi connectivity index (χ3v) is 3.43. The first kappa shape index (κ1) is 19.6. The maximum Gasteiger partial charge on any atom is 0.417 e. The van der Waals surface area contributed by atoms with Gasteiger partial charge in [-0.25, -0.2) is 8.78 Å². The van der Waals surface area contributed by atoms with Gasteiger partial charge in [-0.3, -0.25) is 9.59 Å². The number of halogens is 6. The zero-order chi connectivity index (χ0) is 19.5. The van der Waals surface area contributed by atoms with Gasteiger partial charge >= 0.3 is 6.18 Å². The van der Waals surface area contributed by atoms with E-state index in [0.717, 1.165) is 30.3 Å². The van der Waals surface area contributed by atoms with Crippen LogP contribution in [0, 0.1) is 11.6 Å². The maximum atomic E-state index is 13.4. The van der Waals surface area contributed by atoms with E-state index in [1.54, 1.807) is 0 Å². The van der Waals surface area contributed by atoms with E-state index in [-0.39, 0.29) is 5.69 Å². The van der Waals surface area contributed by atoms with Crippen LogP contribution < -0.4 is 10.6 Å². The molecule has 0 fully saturated rings. The van der Waals surface area contributed by atoms with Gasteiger partial charge in [0.1, 0.15) is 23.7 Å². The Morgan fingerprint density at radius 3 is 2.12 bits per heavy atom. The fourth-order valence-electron chi connectivity index (χ4n) is 1.97. The standard InChI is InChI=1S/C16H10ClF5N2O2/c17-10-5-4-8(6-9(10)16(20,21)22)23-13(25)7-14(26)24-15-11(18)2-1-3-12(15)19/h1-6H,7H2,(H,23,25)(H,24,26). The second-order valence-electron chi connectivity index (χ2n) is 5.06. The minimum Gasteiger partial charge on any atom is -0.326 e. The topological polar surface area (TPSA) is 58.2 Å². The molecule has 2 rings (SSSR count). The molecule has 2 N–H and O–H groups in total. The molecule has 0 aliphatic rings. The lowest BCUT2D eigenvalue weighted by Crippen LogP contribution is -2.22. The molecule has 2 aromatic rings. The van der Waals surface area contributed by atoms with Gasteiger partial charge in [0.2, 0.25) is 11.8 Å². The molecular weight excluding hydrogens is 383 g/mol.